The molecule has 0 unspecified atom stereocenters. The highest BCUT2D eigenvalue weighted by atomic mass is 16.5. The van der Waals surface area contributed by atoms with Gasteiger partial charge in [0.1, 0.15) is 11.5 Å². The Morgan fingerprint density at radius 3 is 2.35 bits per heavy atom. The van der Waals surface area contributed by atoms with Crippen molar-refractivity contribution in [3.8, 4) is 23.0 Å². The lowest BCUT2D eigenvalue weighted by atomic mass is 10.1. The number of carbonyl (C=O) groups is 1. The molecule has 0 saturated carbocycles. The fraction of sp³-hybridized carbons (Fsp3) is 0.333. The number of aryl methyl sites for hydroxylation is 2. The van der Waals surface area contributed by atoms with Crippen molar-refractivity contribution in [2.24, 2.45) is 0 Å². The number of carboxylic acid groups (broad SMARTS) is 1. The van der Waals surface area contributed by atoms with Crippen molar-refractivity contribution in [1.82, 2.24) is 4.98 Å². The number of hydrogen-bond donors (Lipinski definition) is 1. The lowest BCUT2D eigenvalue weighted by Crippen LogP contribution is -2.30. The molecule has 0 atom stereocenters. The SMILES string of the molecule is CCCCN(C(=O)O)c1cc(C)c(Oc2ccnc3cc(OC)c(OC)cc23)cc1C. The van der Waals surface area contributed by atoms with Crippen LogP contribution in [0.5, 0.6) is 23.0 Å². The minimum Gasteiger partial charge on any atom is -0.493 e. The largest absolute Gasteiger partial charge is 0.493 e. The van der Waals surface area contributed by atoms with Crippen LogP contribution < -0.4 is 19.1 Å². The lowest BCUT2D eigenvalue weighted by molar-refractivity contribution is 0.201. The molecule has 2 aromatic carbocycles. The van der Waals surface area contributed by atoms with Crippen LogP contribution in [-0.4, -0.2) is 36.9 Å². The summed E-state index contributed by atoms with van der Waals surface area (Å²) in [5.41, 5.74) is 3.07. The van der Waals surface area contributed by atoms with Crippen molar-refractivity contribution in [2.75, 3.05) is 25.7 Å². The van der Waals surface area contributed by atoms with E-state index in [-0.39, 0.29) is 0 Å². The van der Waals surface area contributed by atoms with Gasteiger partial charge in [0.2, 0.25) is 0 Å². The molecule has 1 N–H and O–H groups in total. The van der Waals surface area contributed by atoms with Crippen LogP contribution in [0.2, 0.25) is 0 Å². The average molecular weight is 424 g/mol. The topological polar surface area (TPSA) is 81.1 Å². The monoisotopic (exact) mass is 424 g/mol. The number of benzene rings is 2. The smallest absolute Gasteiger partial charge is 0.411 e. The van der Waals surface area contributed by atoms with Gasteiger partial charge < -0.3 is 19.3 Å². The maximum absolute atomic E-state index is 11.8. The third-order valence-corrected chi connectivity index (χ3v) is 5.18. The molecule has 0 aliphatic carbocycles. The standard InChI is InChI=1S/C24H28N2O5/c1-6-7-10-26(24(27)28)19-11-16(3)21(12-15(19)2)31-20-8-9-25-18-14-23(30-5)22(29-4)13-17(18)20/h8-9,11-14H,6-7,10H2,1-5H3,(H,27,28). The molecule has 3 rings (SSSR count). The van der Waals surface area contributed by atoms with Gasteiger partial charge in [0.25, 0.3) is 0 Å². The molecule has 0 aliphatic heterocycles. The van der Waals surface area contributed by atoms with Crippen LogP contribution >= 0.6 is 0 Å². The molecule has 1 heterocycles. The highest BCUT2D eigenvalue weighted by molar-refractivity contribution is 5.89. The van der Waals surface area contributed by atoms with E-state index in [0.29, 0.717) is 35.2 Å². The molecule has 0 aliphatic rings. The zero-order chi connectivity index (χ0) is 22.5. The number of hydrogen-bond acceptors (Lipinski definition) is 5. The summed E-state index contributed by atoms with van der Waals surface area (Å²) in [5, 5.41) is 10.4. The number of unbranched alkanes of at least 4 members (excludes halogenated alkanes) is 1. The summed E-state index contributed by atoms with van der Waals surface area (Å²) >= 11 is 0. The number of amides is 1. The Morgan fingerprint density at radius 2 is 1.71 bits per heavy atom. The number of rotatable bonds is 8. The minimum atomic E-state index is -0.953. The quantitative estimate of drug-likeness (QED) is 0.481. The normalized spacial score (nSPS) is 10.7. The first kappa shape index (κ1) is 22.2. The molecule has 0 bridgehead atoms. The molecule has 164 valence electrons. The predicted molar refractivity (Wildman–Crippen MR) is 121 cm³/mol. The Kier molecular flexibility index (Phi) is 6.84. The molecule has 7 nitrogen and oxygen atoms in total. The van der Waals surface area contributed by atoms with Crippen LogP contribution in [0.4, 0.5) is 10.5 Å². The van der Waals surface area contributed by atoms with Crippen molar-refractivity contribution < 1.29 is 24.1 Å². The molecule has 0 radical (unpaired) electrons. The zero-order valence-corrected chi connectivity index (χ0v) is 18.6. The first-order chi connectivity index (χ1) is 14.9. The van der Waals surface area contributed by atoms with E-state index in [9.17, 15) is 9.90 Å². The van der Waals surface area contributed by atoms with Gasteiger partial charge in [0.05, 0.1) is 25.4 Å². The van der Waals surface area contributed by atoms with E-state index in [4.69, 9.17) is 14.2 Å². The van der Waals surface area contributed by atoms with Crippen LogP contribution in [-0.2, 0) is 0 Å². The number of pyridine rings is 1. The second-order valence-corrected chi connectivity index (χ2v) is 7.33. The fourth-order valence-electron chi connectivity index (χ4n) is 3.47. The van der Waals surface area contributed by atoms with Crippen LogP contribution in [0.25, 0.3) is 10.9 Å². The van der Waals surface area contributed by atoms with Crippen LogP contribution in [0, 0.1) is 13.8 Å². The minimum absolute atomic E-state index is 0.461. The molecule has 0 fully saturated rings. The Labute approximate surface area is 182 Å². The van der Waals surface area contributed by atoms with E-state index in [0.717, 1.165) is 34.9 Å². The third kappa shape index (κ3) is 4.66. The molecule has 3 aromatic rings. The van der Waals surface area contributed by atoms with Crippen LogP contribution in [0.15, 0.2) is 36.5 Å². The highest BCUT2D eigenvalue weighted by Crippen LogP contribution is 2.38. The summed E-state index contributed by atoms with van der Waals surface area (Å²) < 4.78 is 17.0. The van der Waals surface area contributed by atoms with Crippen molar-refractivity contribution >= 4 is 22.7 Å². The molecular weight excluding hydrogens is 396 g/mol. The van der Waals surface area contributed by atoms with E-state index in [2.05, 4.69) is 4.98 Å². The molecule has 0 spiro atoms. The van der Waals surface area contributed by atoms with E-state index < -0.39 is 6.09 Å². The number of nitrogens with zero attached hydrogens (tertiary/aromatic N) is 2. The Morgan fingerprint density at radius 1 is 1.00 bits per heavy atom. The van der Waals surface area contributed by atoms with Gasteiger partial charge in [-0.2, -0.15) is 0 Å². The van der Waals surface area contributed by atoms with Crippen molar-refractivity contribution in [3.05, 3.63) is 47.7 Å². The van der Waals surface area contributed by atoms with Gasteiger partial charge in [0.15, 0.2) is 11.5 Å². The zero-order valence-electron chi connectivity index (χ0n) is 18.6. The van der Waals surface area contributed by atoms with Crippen molar-refractivity contribution in [1.29, 1.82) is 0 Å². The first-order valence-corrected chi connectivity index (χ1v) is 10.2. The second kappa shape index (κ2) is 9.55. The number of anilines is 1. The second-order valence-electron chi connectivity index (χ2n) is 7.33. The molecule has 1 aromatic heterocycles. The maximum atomic E-state index is 11.8. The summed E-state index contributed by atoms with van der Waals surface area (Å²) in [6.07, 6.45) is 2.45. The maximum Gasteiger partial charge on any atom is 0.411 e. The number of fused-ring (bicyclic) bond motifs is 1. The first-order valence-electron chi connectivity index (χ1n) is 10.2. The third-order valence-electron chi connectivity index (χ3n) is 5.18. The number of methoxy groups -OCH3 is 2. The molecule has 0 saturated heterocycles. The average Bonchev–Trinajstić information content (AvgIpc) is 2.76. The van der Waals surface area contributed by atoms with E-state index in [1.807, 2.05) is 39.0 Å². The summed E-state index contributed by atoms with van der Waals surface area (Å²) in [5.74, 6) is 2.47. The summed E-state index contributed by atoms with van der Waals surface area (Å²) in [7, 11) is 3.16. The fourth-order valence-corrected chi connectivity index (χ4v) is 3.47. The van der Waals surface area contributed by atoms with E-state index >= 15 is 0 Å². The molecule has 7 heteroatoms. The predicted octanol–water partition coefficient (Wildman–Crippen LogP) is 5.95. The van der Waals surface area contributed by atoms with Gasteiger partial charge in [-0.3, -0.25) is 9.88 Å². The van der Waals surface area contributed by atoms with Gasteiger partial charge in [0, 0.05) is 24.2 Å². The molecular formula is C24H28N2O5. The number of aromatic nitrogens is 1. The summed E-state index contributed by atoms with van der Waals surface area (Å²) in [6, 6.07) is 9.17. The van der Waals surface area contributed by atoms with Crippen LogP contribution in [0.3, 0.4) is 0 Å². The van der Waals surface area contributed by atoms with Crippen molar-refractivity contribution in [2.45, 2.75) is 33.6 Å². The van der Waals surface area contributed by atoms with Gasteiger partial charge in [-0.05, 0) is 55.7 Å². The highest BCUT2D eigenvalue weighted by Gasteiger charge is 2.19. The van der Waals surface area contributed by atoms with E-state index in [1.165, 1.54) is 4.90 Å². The number of ether oxygens (including phenoxy) is 3. The summed E-state index contributed by atoms with van der Waals surface area (Å²) in [4.78, 5) is 17.6. The van der Waals surface area contributed by atoms with Crippen molar-refractivity contribution in [3.63, 3.8) is 0 Å². The summed E-state index contributed by atoms with van der Waals surface area (Å²) in [6.45, 7) is 6.30. The van der Waals surface area contributed by atoms with Gasteiger partial charge in [-0.25, -0.2) is 4.79 Å². The Balaban J connectivity index is 2.00. The molecule has 31 heavy (non-hydrogen) atoms. The Hall–Kier alpha value is -3.48. The van der Waals surface area contributed by atoms with E-state index in [1.54, 1.807) is 32.5 Å². The van der Waals surface area contributed by atoms with Gasteiger partial charge in [-0.1, -0.05) is 13.3 Å². The van der Waals surface area contributed by atoms with Gasteiger partial charge in [-0.15, -0.1) is 0 Å². The van der Waals surface area contributed by atoms with Crippen LogP contribution in [0.1, 0.15) is 30.9 Å². The molecule has 1 amide bonds. The lowest BCUT2D eigenvalue weighted by Gasteiger charge is -2.23. The Bertz CT molecular complexity index is 1100. The van der Waals surface area contributed by atoms with Gasteiger partial charge >= 0.3 is 6.09 Å².